The number of rotatable bonds is 5. The van der Waals surface area contributed by atoms with E-state index in [1.54, 1.807) is 0 Å². The fourth-order valence-corrected chi connectivity index (χ4v) is 2.51. The molecule has 2 heterocycles. The number of nitrogens with zero attached hydrogens (tertiary/aromatic N) is 4. The Labute approximate surface area is 126 Å². The molecule has 0 amide bonds. The molecule has 0 bridgehead atoms. The average molecular weight is 290 g/mol. The second kappa shape index (κ2) is 6.00. The van der Waals surface area contributed by atoms with Crippen LogP contribution in [0, 0.1) is 0 Å². The van der Waals surface area contributed by atoms with E-state index in [0.29, 0.717) is 11.9 Å². The van der Waals surface area contributed by atoms with E-state index in [1.807, 2.05) is 6.20 Å². The van der Waals surface area contributed by atoms with Crippen molar-refractivity contribution < 1.29 is 4.52 Å². The van der Waals surface area contributed by atoms with Crippen LogP contribution in [-0.4, -0.2) is 19.9 Å². The zero-order valence-electron chi connectivity index (χ0n) is 14.0. The summed E-state index contributed by atoms with van der Waals surface area (Å²) in [5.41, 5.74) is 2.03. The Bertz CT molecular complexity index is 588. The van der Waals surface area contributed by atoms with Gasteiger partial charge in [-0.25, -0.2) is 0 Å². The molecule has 0 saturated carbocycles. The highest BCUT2D eigenvalue weighted by Crippen LogP contribution is 2.29. The molecule has 0 aliphatic heterocycles. The van der Waals surface area contributed by atoms with Crippen LogP contribution in [0.15, 0.2) is 10.7 Å². The molecule has 0 unspecified atom stereocenters. The first-order valence-electron chi connectivity index (χ1n) is 7.83. The summed E-state index contributed by atoms with van der Waals surface area (Å²) in [6, 6.07) is 0.429. The van der Waals surface area contributed by atoms with Gasteiger partial charge in [-0.1, -0.05) is 46.7 Å². The van der Waals surface area contributed by atoms with E-state index in [0.717, 1.165) is 30.7 Å². The molecule has 0 atom stereocenters. The summed E-state index contributed by atoms with van der Waals surface area (Å²) in [6.07, 6.45) is 4.90. The standard InChI is InChI=1S/C16H26N4O/c1-7-11(8-2)20-13(9-3)12(10-17-20)14-18-15(19-21-14)16(4,5)6/h10-11H,7-9H2,1-6H3. The van der Waals surface area contributed by atoms with Crippen molar-refractivity contribution in [3.8, 4) is 11.5 Å². The lowest BCUT2D eigenvalue weighted by atomic mass is 9.96. The van der Waals surface area contributed by atoms with Crippen molar-refractivity contribution in [2.75, 3.05) is 0 Å². The van der Waals surface area contributed by atoms with E-state index < -0.39 is 0 Å². The SMILES string of the molecule is CCc1c(-c2nc(C(C)(C)C)no2)cnn1C(CC)CC. The number of aromatic nitrogens is 4. The second-order valence-electron chi connectivity index (χ2n) is 6.45. The van der Waals surface area contributed by atoms with Gasteiger partial charge in [0.05, 0.1) is 23.5 Å². The van der Waals surface area contributed by atoms with Crippen molar-refractivity contribution in [2.45, 2.75) is 72.3 Å². The van der Waals surface area contributed by atoms with Crippen LogP contribution in [0.3, 0.4) is 0 Å². The maximum absolute atomic E-state index is 5.47. The first-order valence-corrected chi connectivity index (χ1v) is 7.83. The van der Waals surface area contributed by atoms with Crippen LogP contribution in [-0.2, 0) is 11.8 Å². The summed E-state index contributed by atoms with van der Waals surface area (Å²) < 4.78 is 7.59. The van der Waals surface area contributed by atoms with Gasteiger partial charge in [-0.15, -0.1) is 0 Å². The lowest BCUT2D eigenvalue weighted by Gasteiger charge is -2.16. The van der Waals surface area contributed by atoms with Crippen molar-refractivity contribution in [3.63, 3.8) is 0 Å². The van der Waals surface area contributed by atoms with Gasteiger partial charge in [-0.05, 0) is 19.3 Å². The summed E-state index contributed by atoms with van der Waals surface area (Å²) in [6.45, 7) is 12.8. The lowest BCUT2D eigenvalue weighted by molar-refractivity contribution is 0.400. The van der Waals surface area contributed by atoms with Crippen molar-refractivity contribution in [1.82, 2.24) is 19.9 Å². The molecule has 5 heteroatoms. The number of hydrogen-bond donors (Lipinski definition) is 0. The molecule has 0 aromatic carbocycles. The molecule has 2 aromatic heterocycles. The van der Waals surface area contributed by atoms with Gasteiger partial charge in [0, 0.05) is 5.41 Å². The fourth-order valence-electron chi connectivity index (χ4n) is 2.51. The van der Waals surface area contributed by atoms with E-state index in [-0.39, 0.29) is 5.41 Å². The highest BCUT2D eigenvalue weighted by atomic mass is 16.5. The van der Waals surface area contributed by atoms with Crippen LogP contribution in [0.2, 0.25) is 0 Å². The Hall–Kier alpha value is -1.65. The summed E-state index contributed by atoms with van der Waals surface area (Å²) >= 11 is 0. The summed E-state index contributed by atoms with van der Waals surface area (Å²) in [5, 5.41) is 8.68. The van der Waals surface area contributed by atoms with Crippen LogP contribution < -0.4 is 0 Å². The van der Waals surface area contributed by atoms with Gasteiger partial charge in [0.1, 0.15) is 0 Å². The van der Waals surface area contributed by atoms with Crippen LogP contribution in [0.25, 0.3) is 11.5 Å². The van der Waals surface area contributed by atoms with Crippen LogP contribution >= 0.6 is 0 Å². The van der Waals surface area contributed by atoms with Crippen molar-refractivity contribution >= 4 is 0 Å². The fraction of sp³-hybridized carbons (Fsp3) is 0.688. The lowest BCUT2D eigenvalue weighted by Crippen LogP contribution is -2.13. The van der Waals surface area contributed by atoms with Gasteiger partial charge < -0.3 is 4.52 Å². The van der Waals surface area contributed by atoms with Crippen LogP contribution in [0.1, 0.15) is 71.9 Å². The highest BCUT2D eigenvalue weighted by molar-refractivity contribution is 5.55. The van der Waals surface area contributed by atoms with Gasteiger partial charge in [-0.3, -0.25) is 4.68 Å². The zero-order chi connectivity index (χ0) is 15.6. The molecule has 0 aliphatic carbocycles. The quantitative estimate of drug-likeness (QED) is 0.830. The Balaban J connectivity index is 2.43. The van der Waals surface area contributed by atoms with E-state index in [2.05, 4.69) is 61.5 Å². The molecule has 0 N–H and O–H groups in total. The molecular formula is C16H26N4O. The smallest absolute Gasteiger partial charge is 0.261 e. The average Bonchev–Trinajstić information content (AvgIpc) is 3.05. The molecular weight excluding hydrogens is 264 g/mol. The maximum Gasteiger partial charge on any atom is 0.261 e. The number of hydrogen-bond acceptors (Lipinski definition) is 4. The van der Waals surface area contributed by atoms with Crippen molar-refractivity contribution in [3.05, 3.63) is 17.7 Å². The molecule has 21 heavy (non-hydrogen) atoms. The zero-order valence-corrected chi connectivity index (χ0v) is 14.0. The molecule has 0 aliphatic rings. The minimum Gasteiger partial charge on any atom is -0.334 e. The van der Waals surface area contributed by atoms with E-state index >= 15 is 0 Å². The van der Waals surface area contributed by atoms with Crippen molar-refractivity contribution in [2.24, 2.45) is 0 Å². The first kappa shape index (κ1) is 15.7. The topological polar surface area (TPSA) is 56.7 Å². The Morgan fingerprint density at radius 3 is 2.33 bits per heavy atom. The van der Waals surface area contributed by atoms with E-state index in [4.69, 9.17) is 4.52 Å². The van der Waals surface area contributed by atoms with Gasteiger partial charge in [-0.2, -0.15) is 10.1 Å². The predicted octanol–water partition coefficient (Wildman–Crippen LogP) is 4.15. The Kier molecular flexibility index (Phi) is 4.49. The van der Waals surface area contributed by atoms with Crippen LogP contribution in [0.5, 0.6) is 0 Å². The van der Waals surface area contributed by atoms with Gasteiger partial charge in [0.2, 0.25) is 0 Å². The molecule has 5 nitrogen and oxygen atoms in total. The molecule has 0 fully saturated rings. The molecule has 116 valence electrons. The third kappa shape index (κ3) is 3.01. The third-order valence-electron chi connectivity index (χ3n) is 3.85. The summed E-state index contributed by atoms with van der Waals surface area (Å²) in [7, 11) is 0. The van der Waals surface area contributed by atoms with Crippen LogP contribution in [0.4, 0.5) is 0 Å². The first-order chi connectivity index (χ1) is 9.92. The molecule has 0 saturated heterocycles. The highest BCUT2D eigenvalue weighted by Gasteiger charge is 2.24. The van der Waals surface area contributed by atoms with Crippen molar-refractivity contribution in [1.29, 1.82) is 0 Å². The Morgan fingerprint density at radius 2 is 1.86 bits per heavy atom. The minimum atomic E-state index is -0.112. The normalized spacial score (nSPS) is 12.3. The Morgan fingerprint density at radius 1 is 1.19 bits per heavy atom. The van der Waals surface area contributed by atoms with E-state index in [1.165, 1.54) is 5.69 Å². The molecule has 0 spiro atoms. The van der Waals surface area contributed by atoms with Gasteiger partial charge in [0.15, 0.2) is 5.82 Å². The monoisotopic (exact) mass is 290 g/mol. The second-order valence-corrected chi connectivity index (χ2v) is 6.45. The molecule has 0 radical (unpaired) electrons. The van der Waals surface area contributed by atoms with Gasteiger partial charge in [0.25, 0.3) is 5.89 Å². The van der Waals surface area contributed by atoms with E-state index in [9.17, 15) is 0 Å². The van der Waals surface area contributed by atoms with Gasteiger partial charge >= 0.3 is 0 Å². The third-order valence-corrected chi connectivity index (χ3v) is 3.85. The molecule has 2 rings (SSSR count). The minimum absolute atomic E-state index is 0.112. The predicted molar refractivity (Wildman–Crippen MR) is 83.2 cm³/mol. The largest absolute Gasteiger partial charge is 0.334 e. The summed E-state index contributed by atoms with van der Waals surface area (Å²) in [5.74, 6) is 1.31. The molecule has 2 aromatic rings. The summed E-state index contributed by atoms with van der Waals surface area (Å²) in [4.78, 5) is 4.55. The maximum atomic E-state index is 5.47.